The largest absolute Gasteiger partial charge is 0.417 e. The third-order valence-corrected chi connectivity index (χ3v) is 3.12. The molecule has 0 aliphatic carbocycles. The smallest absolute Gasteiger partial charge is 0.311 e. The fourth-order valence-corrected chi connectivity index (χ4v) is 1.85. The van der Waals surface area contributed by atoms with Crippen LogP contribution in [0.1, 0.15) is 23.1 Å². The molecule has 1 amide bonds. The second-order valence-corrected chi connectivity index (χ2v) is 4.96. The van der Waals surface area contributed by atoms with Crippen molar-refractivity contribution in [2.45, 2.75) is 25.9 Å². The number of anilines is 1. The zero-order valence-corrected chi connectivity index (χ0v) is 11.9. The molecule has 0 saturated heterocycles. The summed E-state index contributed by atoms with van der Waals surface area (Å²) >= 11 is 0. The Balaban J connectivity index is 1.88. The second kappa shape index (κ2) is 6.60. The van der Waals surface area contributed by atoms with Crippen molar-refractivity contribution < 1.29 is 18.0 Å². The summed E-state index contributed by atoms with van der Waals surface area (Å²) in [7, 11) is 0. The number of benzene rings is 1. The predicted molar refractivity (Wildman–Crippen MR) is 77.4 cm³/mol. The molecule has 0 bridgehead atoms. The van der Waals surface area contributed by atoms with E-state index in [4.69, 9.17) is 0 Å². The number of aryl methyl sites for hydroxylation is 2. The van der Waals surface area contributed by atoms with Crippen molar-refractivity contribution in [1.82, 2.24) is 4.98 Å². The van der Waals surface area contributed by atoms with Gasteiger partial charge >= 0.3 is 6.18 Å². The molecule has 6 heteroatoms. The van der Waals surface area contributed by atoms with E-state index in [2.05, 4.69) is 10.3 Å². The molecule has 2 aromatic rings. The molecule has 0 aliphatic heterocycles. The number of carbonyl (C=O) groups excluding carboxylic acids is 1. The van der Waals surface area contributed by atoms with Crippen LogP contribution in [0, 0.1) is 6.92 Å². The number of rotatable bonds is 4. The van der Waals surface area contributed by atoms with E-state index >= 15 is 0 Å². The summed E-state index contributed by atoms with van der Waals surface area (Å²) in [6.07, 6.45) is -2.92. The molecule has 0 spiro atoms. The zero-order valence-electron chi connectivity index (χ0n) is 11.9. The van der Waals surface area contributed by atoms with Gasteiger partial charge in [0, 0.05) is 12.6 Å². The molecule has 22 heavy (non-hydrogen) atoms. The summed E-state index contributed by atoms with van der Waals surface area (Å²) in [6.45, 7) is 1.98. The van der Waals surface area contributed by atoms with Crippen LogP contribution >= 0.6 is 0 Å². The number of nitrogens with zero attached hydrogens (tertiary/aromatic N) is 1. The number of aromatic nitrogens is 1. The number of pyridine rings is 1. The van der Waals surface area contributed by atoms with Crippen molar-refractivity contribution in [3.05, 3.63) is 59.3 Å². The van der Waals surface area contributed by atoms with Gasteiger partial charge in [-0.15, -0.1) is 0 Å². The van der Waals surface area contributed by atoms with Gasteiger partial charge in [-0.05, 0) is 31.0 Å². The number of halogens is 3. The molecule has 0 atom stereocenters. The third-order valence-electron chi connectivity index (χ3n) is 3.12. The van der Waals surface area contributed by atoms with Gasteiger partial charge in [-0.25, -0.2) is 4.98 Å². The Hall–Kier alpha value is -2.37. The fraction of sp³-hybridized carbons (Fsp3) is 0.250. The van der Waals surface area contributed by atoms with Crippen LogP contribution in [0.2, 0.25) is 0 Å². The highest BCUT2D eigenvalue weighted by Crippen LogP contribution is 2.28. The maximum atomic E-state index is 12.4. The summed E-state index contributed by atoms with van der Waals surface area (Å²) in [6, 6.07) is 9.85. The first-order valence-electron chi connectivity index (χ1n) is 6.73. The highest BCUT2D eigenvalue weighted by atomic mass is 19.4. The Labute approximate surface area is 126 Å². The Morgan fingerprint density at radius 1 is 1.14 bits per heavy atom. The number of hydrogen-bond donors (Lipinski definition) is 1. The molecule has 0 aliphatic rings. The van der Waals surface area contributed by atoms with E-state index < -0.39 is 11.7 Å². The first-order valence-corrected chi connectivity index (χ1v) is 6.73. The molecule has 0 radical (unpaired) electrons. The van der Waals surface area contributed by atoms with Crippen LogP contribution in [0.3, 0.4) is 0 Å². The van der Waals surface area contributed by atoms with Crippen molar-refractivity contribution >= 4 is 11.7 Å². The molecular formula is C16H15F3N2O. The van der Waals surface area contributed by atoms with E-state index in [0.717, 1.165) is 23.3 Å². The van der Waals surface area contributed by atoms with E-state index in [9.17, 15) is 18.0 Å². The van der Waals surface area contributed by atoms with Gasteiger partial charge in [0.1, 0.15) is 5.82 Å². The first kappa shape index (κ1) is 16.0. The van der Waals surface area contributed by atoms with Crippen LogP contribution in [0.5, 0.6) is 0 Å². The van der Waals surface area contributed by atoms with E-state index in [0.29, 0.717) is 12.6 Å². The number of hydrogen-bond acceptors (Lipinski definition) is 2. The third kappa shape index (κ3) is 4.58. The Morgan fingerprint density at radius 2 is 1.82 bits per heavy atom. The molecule has 116 valence electrons. The van der Waals surface area contributed by atoms with Crippen molar-refractivity contribution in [1.29, 1.82) is 0 Å². The average molecular weight is 308 g/mol. The summed E-state index contributed by atoms with van der Waals surface area (Å²) in [5.41, 5.74) is 1.33. The Morgan fingerprint density at radius 3 is 2.36 bits per heavy atom. The Bertz CT molecular complexity index is 634. The van der Waals surface area contributed by atoms with Crippen LogP contribution in [-0.4, -0.2) is 10.9 Å². The van der Waals surface area contributed by atoms with Gasteiger partial charge in [-0.2, -0.15) is 13.2 Å². The summed E-state index contributed by atoms with van der Waals surface area (Å²) in [5.74, 6) is -0.172. The number of amides is 1. The maximum absolute atomic E-state index is 12.4. The predicted octanol–water partition coefficient (Wildman–Crippen LogP) is 3.98. The van der Waals surface area contributed by atoms with Gasteiger partial charge in [0.2, 0.25) is 5.91 Å². The fourth-order valence-electron chi connectivity index (χ4n) is 1.85. The van der Waals surface area contributed by atoms with Crippen LogP contribution in [0.15, 0.2) is 42.6 Å². The normalized spacial score (nSPS) is 11.3. The summed E-state index contributed by atoms with van der Waals surface area (Å²) in [4.78, 5) is 15.4. The van der Waals surface area contributed by atoms with Crippen molar-refractivity contribution in [3.8, 4) is 0 Å². The molecule has 1 aromatic carbocycles. The van der Waals surface area contributed by atoms with Crippen LogP contribution < -0.4 is 5.32 Å². The quantitative estimate of drug-likeness (QED) is 0.928. The zero-order chi connectivity index (χ0) is 16.2. The molecule has 1 aromatic heterocycles. The van der Waals surface area contributed by atoms with E-state index in [1.165, 1.54) is 0 Å². The topological polar surface area (TPSA) is 42.0 Å². The van der Waals surface area contributed by atoms with Crippen LogP contribution in [0.4, 0.5) is 19.0 Å². The van der Waals surface area contributed by atoms with E-state index in [-0.39, 0.29) is 18.1 Å². The summed E-state index contributed by atoms with van der Waals surface area (Å²) in [5, 5.41) is 2.48. The minimum atomic E-state index is -4.43. The van der Waals surface area contributed by atoms with Gasteiger partial charge in [-0.3, -0.25) is 4.79 Å². The molecule has 1 N–H and O–H groups in total. The van der Waals surface area contributed by atoms with Gasteiger partial charge in [0.25, 0.3) is 0 Å². The van der Waals surface area contributed by atoms with Gasteiger partial charge < -0.3 is 5.32 Å². The van der Waals surface area contributed by atoms with Crippen molar-refractivity contribution in [2.75, 3.05) is 5.32 Å². The highest BCUT2D eigenvalue weighted by Gasteiger charge is 2.30. The molecule has 0 saturated carbocycles. The number of nitrogens with one attached hydrogen (secondary N) is 1. The number of alkyl halides is 3. The van der Waals surface area contributed by atoms with Crippen molar-refractivity contribution in [2.24, 2.45) is 0 Å². The lowest BCUT2D eigenvalue weighted by molar-refractivity contribution is -0.137. The standard InChI is InChI=1S/C16H15F3N2O/c1-11-2-4-12(5-3-11)6-9-15(22)21-14-8-7-13(10-20-14)16(17,18)19/h2-5,7-8,10H,6,9H2,1H3,(H,20,21,22). The second-order valence-electron chi connectivity index (χ2n) is 4.96. The number of carbonyl (C=O) groups is 1. The molecule has 1 heterocycles. The summed E-state index contributed by atoms with van der Waals surface area (Å²) < 4.78 is 37.2. The molecular weight excluding hydrogens is 293 g/mol. The van der Waals surface area contributed by atoms with Crippen molar-refractivity contribution in [3.63, 3.8) is 0 Å². The molecule has 0 unspecified atom stereocenters. The van der Waals surface area contributed by atoms with Gasteiger partial charge in [0.15, 0.2) is 0 Å². The lowest BCUT2D eigenvalue weighted by atomic mass is 10.1. The minimum Gasteiger partial charge on any atom is -0.311 e. The van der Waals surface area contributed by atoms with E-state index in [1.807, 2.05) is 31.2 Å². The highest BCUT2D eigenvalue weighted by molar-refractivity contribution is 5.89. The van der Waals surface area contributed by atoms with Gasteiger partial charge in [-0.1, -0.05) is 29.8 Å². The maximum Gasteiger partial charge on any atom is 0.417 e. The van der Waals surface area contributed by atoms with E-state index in [1.54, 1.807) is 0 Å². The first-order chi connectivity index (χ1) is 10.3. The van der Waals surface area contributed by atoms with Gasteiger partial charge in [0.05, 0.1) is 5.56 Å². The molecule has 2 rings (SSSR count). The lowest BCUT2D eigenvalue weighted by Crippen LogP contribution is -2.14. The van der Waals surface area contributed by atoms with Crippen LogP contribution in [-0.2, 0) is 17.4 Å². The minimum absolute atomic E-state index is 0.113. The van der Waals surface area contributed by atoms with Crippen LogP contribution in [0.25, 0.3) is 0 Å². The molecule has 3 nitrogen and oxygen atoms in total. The molecule has 0 fully saturated rings. The monoisotopic (exact) mass is 308 g/mol. The average Bonchev–Trinajstić information content (AvgIpc) is 2.46. The Kier molecular flexibility index (Phi) is 4.80. The lowest BCUT2D eigenvalue weighted by Gasteiger charge is -2.08. The SMILES string of the molecule is Cc1ccc(CCC(=O)Nc2ccc(C(F)(F)F)cn2)cc1.